The molecule has 3 aromatic rings. The normalized spacial score (nSPS) is 14.9. The quantitative estimate of drug-likeness (QED) is 0.680. The largest absolute Gasteiger partial charge is 0.496 e. The van der Waals surface area contributed by atoms with Gasteiger partial charge in [-0.25, -0.2) is 4.99 Å². The Morgan fingerprint density at radius 1 is 0.893 bits per heavy atom. The van der Waals surface area contributed by atoms with Crippen LogP contribution in [-0.2, 0) is 4.79 Å². The molecule has 5 nitrogen and oxygen atoms in total. The van der Waals surface area contributed by atoms with Crippen LogP contribution < -0.4 is 10.2 Å². The first-order valence-electron chi connectivity index (χ1n) is 8.91. The summed E-state index contributed by atoms with van der Waals surface area (Å²) in [5.74, 6) is 1.01. The van der Waals surface area contributed by atoms with E-state index in [0.717, 1.165) is 16.8 Å². The average Bonchev–Trinajstić information content (AvgIpc) is 3.05. The van der Waals surface area contributed by atoms with Crippen LogP contribution in [0.4, 0.5) is 5.69 Å². The first-order valence-corrected chi connectivity index (χ1v) is 8.91. The summed E-state index contributed by atoms with van der Waals surface area (Å²) < 4.78 is 5.39. The van der Waals surface area contributed by atoms with Gasteiger partial charge >= 0.3 is 0 Å². The lowest BCUT2D eigenvalue weighted by atomic mass is 10.1. The zero-order chi connectivity index (χ0) is 19.3. The molecule has 0 spiro atoms. The summed E-state index contributed by atoms with van der Waals surface area (Å²) in [6.07, 6.45) is 1.75. The van der Waals surface area contributed by atoms with E-state index in [1.54, 1.807) is 13.2 Å². The number of amides is 1. The number of rotatable bonds is 5. The minimum Gasteiger partial charge on any atom is -0.496 e. The number of nitrogens with one attached hydrogen (secondary N) is 1. The van der Waals surface area contributed by atoms with Gasteiger partial charge in [-0.1, -0.05) is 66.7 Å². The van der Waals surface area contributed by atoms with E-state index in [1.807, 2.05) is 84.9 Å². The molecule has 0 saturated carbocycles. The van der Waals surface area contributed by atoms with E-state index < -0.39 is 0 Å². The molecule has 1 N–H and O–H groups in total. The van der Waals surface area contributed by atoms with Crippen molar-refractivity contribution in [1.29, 1.82) is 0 Å². The van der Waals surface area contributed by atoms with E-state index in [1.165, 1.54) is 5.01 Å². The van der Waals surface area contributed by atoms with E-state index >= 15 is 0 Å². The number of amidine groups is 1. The molecule has 4 rings (SSSR count). The maximum absolute atomic E-state index is 13.1. The van der Waals surface area contributed by atoms with Gasteiger partial charge in [-0.2, -0.15) is 5.01 Å². The topological polar surface area (TPSA) is 53.9 Å². The number of ether oxygens (including phenoxy) is 1. The zero-order valence-electron chi connectivity index (χ0n) is 15.4. The van der Waals surface area contributed by atoms with Crippen LogP contribution in [0.2, 0.25) is 0 Å². The van der Waals surface area contributed by atoms with Gasteiger partial charge in [-0.15, -0.1) is 0 Å². The number of para-hydroxylation sites is 2. The summed E-state index contributed by atoms with van der Waals surface area (Å²) in [5, 5.41) is 1.48. The molecule has 0 unspecified atom stereocenters. The Morgan fingerprint density at radius 2 is 1.54 bits per heavy atom. The van der Waals surface area contributed by atoms with Gasteiger partial charge in [0, 0.05) is 11.1 Å². The van der Waals surface area contributed by atoms with Crippen LogP contribution in [0.3, 0.4) is 0 Å². The molecule has 5 heteroatoms. The Bertz CT molecular complexity index is 1040. The number of aliphatic imine (C=N–C) groups is 1. The molecule has 0 fully saturated rings. The van der Waals surface area contributed by atoms with E-state index in [9.17, 15) is 4.79 Å². The van der Waals surface area contributed by atoms with Crippen molar-refractivity contribution in [2.75, 3.05) is 12.5 Å². The third-order valence-electron chi connectivity index (χ3n) is 4.34. The van der Waals surface area contributed by atoms with Gasteiger partial charge in [0.2, 0.25) is 0 Å². The predicted molar refractivity (Wildman–Crippen MR) is 111 cm³/mol. The Balaban J connectivity index is 1.75. The van der Waals surface area contributed by atoms with Crippen LogP contribution >= 0.6 is 0 Å². The van der Waals surface area contributed by atoms with Crippen LogP contribution in [0.5, 0.6) is 5.75 Å². The molecule has 1 aliphatic rings. The first-order chi connectivity index (χ1) is 13.8. The van der Waals surface area contributed by atoms with Crippen LogP contribution in [0, 0.1) is 0 Å². The number of carbonyl (C=O) groups is 1. The number of carbonyl (C=O) groups excluding carboxylic acids is 1. The van der Waals surface area contributed by atoms with Crippen molar-refractivity contribution >= 4 is 23.5 Å². The van der Waals surface area contributed by atoms with Crippen LogP contribution in [0.25, 0.3) is 6.08 Å². The lowest BCUT2D eigenvalue weighted by Gasteiger charge is -2.20. The molecule has 0 saturated heterocycles. The third kappa shape index (κ3) is 3.50. The molecular weight excluding hydrogens is 350 g/mol. The molecule has 0 radical (unpaired) electrons. The van der Waals surface area contributed by atoms with Gasteiger partial charge < -0.3 is 4.74 Å². The molecule has 1 heterocycles. The number of hydrazine groups is 1. The van der Waals surface area contributed by atoms with Crippen molar-refractivity contribution in [3.8, 4) is 5.75 Å². The number of hydrogen-bond donors (Lipinski definition) is 1. The second kappa shape index (κ2) is 7.80. The van der Waals surface area contributed by atoms with E-state index in [0.29, 0.717) is 17.3 Å². The Kier molecular flexibility index (Phi) is 4.89. The molecule has 28 heavy (non-hydrogen) atoms. The van der Waals surface area contributed by atoms with Crippen molar-refractivity contribution in [3.05, 3.63) is 102 Å². The molecule has 0 bridgehead atoms. The van der Waals surface area contributed by atoms with Gasteiger partial charge in [0.05, 0.1) is 12.8 Å². The van der Waals surface area contributed by atoms with Crippen LogP contribution in [0.1, 0.15) is 11.1 Å². The maximum Gasteiger partial charge on any atom is 0.297 e. The lowest BCUT2D eigenvalue weighted by Crippen LogP contribution is -2.37. The minimum absolute atomic E-state index is 0.228. The van der Waals surface area contributed by atoms with Crippen molar-refractivity contribution in [3.63, 3.8) is 0 Å². The van der Waals surface area contributed by atoms with Crippen LogP contribution in [-0.4, -0.2) is 23.9 Å². The van der Waals surface area contributed by atoms with E-state index in [2.05, 4.69) is 10.4 Å². The fraction of sp³-hybridized carbons (Fsp3) is 0.0435. The molecule has 0 atom stereocenters. The summed E-state index contributed by atoms with van der Waals surface area (Å²) in [7, 11) is 1.61. The van der Waals surface area contributed by atoms with Crippen LogP contribution in [0.15, 0.2) is 95.6 Å². The molecular formula is C23H19N3O2. The molecule has 0 aliphatic carbocycles. The highest BCUT2D eigenvalue weighted by molar-refractivity contribution is 6.20. The highest BCUT2D eigenvalue weighted by atomic mass is 16.5. The molecule has 3 aromatic carbocycles. The highest BCUT2D eigenvalue weighted by Crippen LogP contribution is 2.26. The van der Waals surface area contributed by atoms with E-state index in [4.69, 9.17) is 4.74 Å². The first kappa shape index (κ1) is 17.5. The van der Waals surface area contributed by atoms with Crippen molar-refractivity contribution in [1.82, 2.24) is 5.01 Å². The fourth-order valence-corrected chi connectivity index (χ4v) is 2.98. The number of anilines is 1. The van der Waals surface area contributed by atoms with Gasteiger partial charge in [-0.3, -0.25) is 10.2 Å². The number of methoxy groups -OCH3 is 1. The van der Waals surface area contributed by atoms with Gasteiger partial charge in [0.25, 0.3) is 5.91 Å². The second-order valence-corrected chi connectivity index (χ2v) is 6.19. The second-order valence-electron chi connectivity index (χ2n) is 6.19. The lowest BCUT2D eigenvalue weighted by molar-refractivity contribution is -0.121. The van der Waals surface area contributed by atoms with Crippen molar-refractivity contribution < 1.29 is 9.53 Å². The SMILES string of the molecule is COc1ccccc1/C=C1\N=C(c2ccccc2)N(Nc2ccccc2)C1=O. The highest BCUT2D eigenvalue weighted by Gasteiger charge is 2.31. The number of benzene rings is 3. The van der Waals surface area contributed by atoms with Crippen molar-refractivity contribution in [2.45, 2.75) is 0 Å². The summed E-state index contributed by atoms with van der Waals surface area (Å²) in [4.78, 5) is 17.8. The third-order valence-corrected chi connectivity index (χ3v) is 4.34. The average molecular weight is 369 g/mol. The minimum atomic E-state index is -0.228. The Morgan fingerprint density at radius 3 is 2.25 bits per heavy atom. The standard InChI is InChI=1S/C23H19N3O2/c1-28-21-15-9-8-12-18(21)16-20-23(27)26(25-19-13-6-3-7-14-19)22(24-20)17-10-4-2-5-11-17/h2-16,25H,1H3/b20-16-. The summed E-state index contributed by atoms with van der Waals surface area (Å²) in [5.41, 5.74) is 5.95. The summed E-state index contributed by atoms with van der Waals surface area (Å²) >= 11 is 0. The Labute approximate surface area is 163 Å². The summed E-state index contributed by atoms with van der Waals surface area (Å²) in [6.45, 7) is 0. The monoisotopic (exact) mass is 369 g/mol. The van der Waals surface area contributed by atoms with E-state index in [-0.39, 0.29) is 5.91 Å². The Hall–Kier alpha value is -3.86. The van der Waals surface area contributed by atoms with Gasteiger partial charge in [0.15, 0.2) is 5.84 Å². The smallest absolute Gasteiger partial charge is 0.297 e. The molecule has 1 amide bonds. The van der Waals surface area contributed by atoms with Gasteiger partial charge in [-0.05, 0) is 24.3 Å². The zero-order valence-corrected chi connectivity index (χ0v) is 15.4. The molecule has 0 aromatic heterocycles. The fourth-order valence-electron chi connectivity index (χ4n) is 2.98. The van der Waals surface area contributed by atoms with Crippen molar-refractivity contribution in [2.24, 2.45) is 4.99 Å². The number of hydrogen-bond acceptors (Lipinski definition) is 4. The predicted octanol–water partition coefficient (Wildman–Crippen LogP) is 4.35. The molecule has 1 aliphatic heterocycles. The summed E-state index contributed by atoms with van der Waals surface area (Å²) in [6, 6.07) is 26.7. The maximum atomic E-state index is 13.1. The number of nitrogens with zero attached hydrogens (tertiary/aromatic N) is 2. The van der Waals surface area contributed by atoms with Gasteiger partial charge in [0.1, 0.15) is 11.4 Å². The molecule has 138 valence electrons.